The van der Waals surface area contributed by atoms with Gasteiger partial charge in [0.2, 0.25) is 0 Å². The van der Waals surface area contributed by atoms with Gasteiger partial charge in [-0.25, -0.2) is 18.1 Å². The van der Waals surface area contributed by atoms with Crippen LogP contribution in [0.3, 0.4) is 0 Å². The summed E-state index contributed by atoms with van der Waals surface area (Å²) in [4.78, 5) is 26.7. The lowest BCUT2D eigenvalue weighted by Crippen LogP contribution is -2.47. The highest BCUT2D eigenvalue weighted by molar-refractivity contribution is 7.52. The number of nitrogens with one attached hydrogen (secondary N) is 1. The van der Waals surface area contributed by atoms with E-state index in [-0.39, 0.29) is 11.6 Å². The Morgan fingerprint density at radius 2 is 2.03 bits per heavy atom. The highest BCUT2D eigenvalue weighted by Gasteiger charge is 2.65. The highest BCUT2D eigenvalue weighted by atomic mass is 31.2. The number of ether oxygens (including phenoxy) is 1. The molecule has 0 saturated carbocycles. The molecule has 1 aromatic carbocycles. The Kier molecular flexibility index (Phi) is 7.10. The zero-order valence-electron chi connectivity index (χ0n) is 18.0. The second-order valence-electron chi connectivity index (χ2n) is 7.72. The quantitative estimate of drug-likeness (QED) is 0.363. The maximum Gasteiger partial charge on any atom is 0.459 e. The van der Waals surface area contributed by atoms with Crippen LogP contribution < -0.4 is 21.0 Å². The van der Waals surface area contributed by atoms with Gasteiger partial charge < -0.3 is 25.2 Å². The summed E-state index contributed by atoms with van der Waals surface area (Å²) in [5.74, 6) is -4.92. The van der Waals surface area contributed by atoms with E-state index in [2.05, 4.69) is 10.1 Å². The molecule has 0 aliphatic carbocycles. The Morgan fingerprint density at radius 1 is 1.38 bits per heavy atom. The number of carboxylic acid groups (broad SMARTS) is 1. The van der Waals surface area contributed by atoms with Gasteiger partial charge in [0.1, 0.15) is 24.2 Å². The number of alkyl halides is 2. The number of halogens is 2. The van der Waals surface area contributed by atoms with Crippen molar-refractivity contribution in [2.24, 2.45) is 0 Å². The van der Waals surface area contributed by atoms with Crippen molar-refractivity contribution in [3.63, 3.8) is 0 Å². The van der Waals surface area contributed by atoms with Gasteiger partial charge in [-0.1, -0.05) is 18.2 Å². The number of aliphatic carboxylic acids is 1. The Labute approximate surface area is 191 Å². The molecule has 34 heavy (non-hydrogen) atoms. The number of rotatable bonds is 9. The third-order valence-corrected chi connectivity index (χ3v) is 6.58. The first kappa shape index (κ1) is 25.7. The van der Waals surface area contributed by atoms with Gasteiger partial charge in [0.15, 0.2) is 18.0 Å². The Balaban J connectivity index is 1.86. The van der Waals surface area contributed by atoms with Crippen LogP contribution in [0.5, 0.6) is 5.75 Å². The van der Waals surface area contributed by atoms with Crippen molar-refractivity contribution in [1.82, 2.24) is 14.6 Å². The molecule has 186 valence electrons. The number of benzene rings is 1. The first-order chi connectivity index (χ1) is 15.8. The molecule has 12 nitrogen and oxygen atoms in total. The van der Waals surface area contributed by atoms with Gasteiger partial charge in [-0.05, 0) is 32.0 Å². The summed E-state index contributed by atoms with van der Waals surface area (Å²) in [6.07, 6.45) is -3.50. The molecule has 0 spiro atoms. The van der Waals surface area contributed by atoms with E-state index in [4.69, 9.17) is 24.6 Å². The smallest absolute Gasteiger partial charge is 0.459 e. The first-order valence-corrected chi connectivity index (χ1v) is 11.4. The summed E-state index contributed by atoms with van der Waals surface area (Å²) in [5, 5.41) is 21.6. The van der Waals surface area contributed by atoms with Gasteiger partial charge >= 0.3 is 19.4 Å². The molecular formula is C19H23F2N4O8P. The summed E-state index contributed by atoms with van der Waals surface area (Å²) in [6, 6.07) is 7.12. The number of carbonyl (C=O) groups is 1. The number of hydrogen-bond donors (Lipinski definition) is 4. The van der Waals surface area contributed by atoms with Crippen molar-refractivity contribution in [3.05, 3.63) is 53.1 Å². The van der Waals surface area contributed by atoms with Crippen LogP contribution in [0.25, 0.3) is 0 Å². The third-order valence-electron chi connectivity index (χ3n) is 4.96. The van der Waals surface area contributed by atoms with Crippen LogP contribution in [-0.4, -0.2) is 56.0 Å². The zero-order valence-corrected chi connectivity index (χ0v) is 18.9. The molecule has 0 radical (unpaired) electrons. The van der Waals surface area contributed by atoms with E-state index in [1.54, 1.807) is 6.07 Å². The molecule has 1 fully saturated rings. The van der Waals surface area contributed by atoms with Crippen LogP contribution in [0.2, 0.25) is 0 Å². The van der Waals surface area contributed by atoms with Crippen LogP contribution in [0.1, 0.15) is 20.1 Å². The lowest BCUT2D eigenvalue weighted by atomic mass is 9.97. The number of nitrogen functional groups attached to an aromatic ring is 1. The number of nitrogens with two attached hydrogens (primary N) is 1. The van der Waals surface area contributed by atoms with E-state index in [9.17, 15) is 19.3 Å². The Bertz CT molecular complexity index is 1150. The minimum absolute atomic E-state index is 0.00979. The molecule has 2 heterocycles. The lowest BCUT2D eigenvalue weighted by molar-refractivity contribution is -0.203. The van der Waals surface area contributed by atoms with Crippen LogP contribution in [0.4, 0.5) is 14.6 Å². The predicted molar refractivity (Wildman–Crippen MR) is 113 cm³/mol. The Morgan fingerprint density at radius 3 is 2.62 bits per heavy atom. The van der Waals surface area contributed by atoms with Crippen LogP contribution in [0, 0.1) is 0 Å². The molecule has 1 unspecified atom stereocenters. The standard InChI is InChI=1S/C19H23F2N4O8P/c1-11(14(26)27)24-34(30,33-12-6-4-3-5-7-12)31-10-19(21)15(28)18(2,20)16(32-19)25-9-8-13(22)23-17(25)29/h3-9,11,15-16,28H,10H2,1-2H3,(H,24,30)(H,26,27)(H2,22,23,29)/t11?,15-,16+,18+,19+,34-/m0/s1. The number of aromatic nitrogens is 2. The summed E-state index contributed by atoms with van der Waals surface area (Å²) >= 11 is 0. The monoisotopic (exact) mass is 504 g/mol. The fourth-order valence-corrected chi connectivity index (χ4v) is 4.65. The number of anilines is 1. The van der Waals surface area contributed by atoms with E-state index in [0.717, 1.165) is 26.1 Å². The summed E-state index contributed by atoms with van der Waals surface area (Å²) in [6.45, 7) is 0.566. The molecule has 1 saturated heterocycles. The fourth-order valence-electron chi connectivity index (χ4n) is 3.14. The molecule has 1 aliphatic heterocycles. The van der Waals surface area contributed by atoms with Gasteiger partial charge in [0, 0.05) is 6.20 Å². The van der Waals surface area contributed by atoms with E-state index < -0.39 is 55.9 Å². The number of carboxylic acids is 1. The molecule has 2 aromatic rings. The number of aliphatic hydroxyl groups is 1. The largest absolute Gasteiger partial charge is 0.480 e. The second-order valence-corrected chi connectivity index (χ2v) is 9.41. The molecule has 0 bridgehead atoms. The van der Waals surface area contributed by atoms with Gasteiger partial charge in [0.25, 0.3) is 5.85 Å². The minimum Gasteiger partial charge on any atom is -0.480 e. The van der Waals surface area contributed by atoms with Crippen LogP contribution >= 0.6 is 7.75 Å². The van der Waals surface area contributed by atoms with Crippen molar-refractivity contribution in [3.8, 4) is 5.75 Å². The van der Waals surface area contributed by atoms with Gasteiger partial charge in [-0.15, -0.1) is 0 Å². The summed E-state index contributed by atoms with van der Waals surface area (Å²) < 4.78 is 60.0. The summed E-state index contributed by atoms with van der Waals surface area (Å²) in [5.41, 5.74) is 1.46. The number of aliphatic hydroxyl groups excluding tert-OH is 1. The molecular weight excluding hydrogens is 481 g/mol. The predicted octanol–water partition coefficient (Wildman–Crippen LogP) is 1.38. The van der Waals surface area contributed by atoms with Gasteiger partial charge in [-0.2, -0.15) is 10.1 Å². The molecule has 6 atom stereocenters. The second kappa shape index (κ2) is 9.39. The topological polar surface area (TPSA) is 175 Å². The van der Waals surface area contributed by atoms with E-state index >= 15 is 8.78 Å². The fraction of sp³-hybridized carbons (Fsp3) is 0.421. The van der Waals surface area contributed by atoms with E-state index in [0.29, 0.717) is 4.57 Å². The van der Waals surface area contributed by atoms with Crippen molar-refractivity contribution in [1.29, 1.82) is 0 Å². The Hall–Kier alpha value is -2.90. The molecule has 1 aromatic heterocycles. The van der Waals surface area contributed by atoms with Gasteiger partial charge in [0.05, 0.1) is 0 Å². The average molecular weight is 504 g/mol. The van der Waals surface area contributed by atoms with Crippen LogP contribution in [0.15, 0.2) is 47.4 Å². The summed E-state index contributed by atoms with van der Waals surface area (Å²) in [7, 11) is -4.60. The minimum atomic E-state index is -4.60. The molecule has 15 heteroatoms. The van der Waals surface area contributed by atoms with E-state index in [1.165, 1.54) is 24.3 Å². The molecule has 5 N–H and O–H groups in total. The first-order valence-electron chi connectivity index (χ1n) is 9.85. The molecule has 3 rings (SSSR count). The average Bonchev–Trinajstić information content (AvgIpc) is 2.93. The number of hydrogen-bond acceptors (Lipinski definition) is 9. The maximum atomic E-state index is 15.6. The van der Waals surface area contributed by atoms with E-state index in [1.807, 2.05) is 0 Å². The van der Waals surface area contributed by atoms with Crippen molar-refractivity contribution >= 4 is 19.5 Å². The maximum absolute atomic E-state index is 15.6. The van der Waals surface area contributed by atoms with Crippen molar-refractivity contribution in [2.45, 2.75) is 43.7 Å². The van der Waals surface area contributed by atoms with Crippen molar-refractivity contribution < 1.29 is 42.1 Å². The normalized spacial score (nSPS) is 29.3. The lowest BCUT2D eigenvalue weighted by Gasteiger charge is -2.27. The number of para-hydroxylation sites is 1. The molecule has 1 aliphatic rings. The zero-order chi connectivity index (χ0) is 25.3. The van der Waals surface area contributed by atoms with Crippen LogP contribution in [-0.2, 0) is 18.6 Å². The molecule has 0 amide bonds. The third kappa shape index (κ3) is 5.26. The van der Waals surface area contributed by atoms with Gasteiger partial charge in [-0.3, -0.25) is 13.9 Å². The SMILES string of the molecule is CC(N[P@](=O)(OC[C@@]1(F)O[C@@H](n2ccc(N)nc2=O)[C@](C)(F)[C@@H]1O)Oc1ccccc1)C(=O)O. The number of nitrogens with zero attached hydrogens (tertiary/aromatic N) is 2. The highest BCUT2D eigenvalue weighted by Crippen LogP contribution is 2.51. The van der Waals surface area contributed by atoms with Crippen molar-refractivity contribution in [2.75, 3.05) is 12.3 Å².